The maximum Gasteiger partial charge on any atom is 0.170 e. The Morgan fingerprint density at radius 2 is 1.25 bits per heavy atom. The summed E-state index contributed by atoms with van der Waals surface area (Å²) in [7, 11) is 0. The Bertz CT molecular complexity index is 776. The van der Waals surface area contributed by atoms with E-state index in [9.17, 15) is 0 Å². The minimum absolute atomic E-state index is 0.242. The highest BCUT2D eigenvalue weighted by Crippen LogP contribution is 2.36. The number of para-hydroxylation sites is 2. The predicted octanol–water partition coefficient (Wildman–Crippen LogP) is 4.23. The van der Waals surface area contributed by atoms with Crippen LogP contribution in [-0.2, 0) is 0 Å². The minimum Gasteiger partial charge on any atom is -0.453 e. The summed E-state index contributed by atoms with van der Waals surface area (Å²) in [4.78, 5) is 0. The van der Waals surface area contributed by atoms with Crippen molar-refractivity contribution in [3.63, 3.8) is 0 Å². The van der Waals surface area contributed by atoms with Crippen molar-refractivity contribution >= 4 is 0 Å². The van der Waals surface area contributed by atoms with Crippen LogP contribution in [0, 0.1) is 0 Å². The van der Waals surface area contributed by atoms with Crippen LogP contribution in [0.3, 0.4) is 0 Å². The number of hydrogen-bond acceptors (Lipinski definition) is 4. The molecule has 0 unspecified atom stereocenters. The fourth-order valence-electron chi connectivity index (χ4n) is 2.29. The van der Waals surface area contributed by atoms with Gasteiger partial charge in [0.25, 0.3) is 0 Å². The molecule has 0 spiro atoms. The third kappa shape index (κ3) is 3.93. The van der Waals surface area contributed by atoms with Crippen LogP contribution < -0.4 is 20.9 Å². The second kappa shape index (κ2) is 7.64. The molecule has 0 aliphatic heterocycles. The van der Waals surface area contributed by atoms with Gasteiger partial charge in [0.05, 0.1) is 0 Å². The molecule has 3 rings (SSSR count). The number of nitrogens with two attached hydrogens (primary N) is 2. The van der Waals surface area contributed by atoms with Gasteiger partial charge >= 0.3 is 0 Å². The molecular formula is C20H20N2O2. The lowest BCUT2D eigenvalue weighted by molar-refractivity contribution is 0.417. The molecule has 0 aliphatic rings. The first-order chi connectivity index (χ1) is 11.8. The van der Waals surface area contributed by atoms with Gasteiger partial charge in [0, 0.05) is 12.6 Å². The molecule has 3 aromatic rings. The quantitative estimate of drug-likeness (QED) is 0.713. The van der Waals surface area contributed by atoms with Gasteiger partial charge in [0.15, 0.2) is 11.5 Å². The van der Waals surface area contributed by atoms with Crippen LogP contribution in [0.1, 0.15) is 11.6 Å². The smallest absolute Gasteiger partial charge is 0.170 e. The topological polar surface area (TPSA) is 70.5 Å². The molecule has 0 fully saturated rings. The Hall–Kier alpha value is -2.82. The minimum atomic E-state index is -0.242. The molecule has 4 N–H and O–H groups in total. The van der Waals surface area contributed by atoms with Gasteiger partial charge in [-0.3, -0.25) is 0 Å². The number of benzene rings is 3. The van der Waals surface area contributed by atoms with E-state index in [0.29, 0.717) is 18.0 Å². The van der Waals surface area contributed by atoms with Crippen LogP contribution in [0.25, 0.3) is 0 Å². The Labute approximate surface area is 141 Å². The fourth-order valence-corrected chi connectivity index (χ4v) is 2.29. The van der Waals surface area contributed by atoms with E-state index < -0.39 is 0 Å². The van der Waals surface area contributed by atoms with Gasteiger partial charge in [-0.05, 0) is 42.0 Å². The first-order valence-electron chi connectivity index (χ1n) is 7.81. The standard InChI is InChI=1S/C20H20N2O2/c21-14-18(22)15-11-12-19(23-16-7-3-1-4-8-16)20(13-15)24-17-9-5-2-6-10-17/h1-13,18H,14,21-22H2/t18-/m1/s1. The molecule has 4 heteroatoms. The van der Waals surface area contributed by atoms with E-state index in [1.807, 2.05) is 78.9 Å². The van der Waals surface area contributed by atoms with Crippen LogP contribution in [0.5, 0.6) is 23.0 Å². The van der Waals surface area contributed by atoms with Crippen molar-refractivity contribution in [1.29, 1.82) is 0 Å². The molecule has 3 aromatic carbocycles. The average Bonchev–Trinajstić information content (AvgIpc) is 2.64. The van der Waals surface area contributed by atoms with Crippen LogP contribution in [0.2, 0.25) is 0 Å². The normalized spacial score (nSPS) is 11.8. The van der Waals surface area contributed by atoms with Crippen LogP contribution in [-0.4, -0.2) is 6.54 Å². The zero-order valence-electron chi connectivity index (χ0n) is 13.3. The van der Waals surface area contributed by atoms with Crippen molar-refractivity contribution in [2.75, 3.05) is 6.54 Å². The summed E-state index contributed by atoms with van der Waals surface area (Å²) >= 11 is 0. The van der Waals surface area contributed by atoms with Gasteiger partial charge in [-0.25, -0.2) is 0 Å². The van der Waals surface area contributed by atoms with E-state index in [4.69, 9.17) is 20.9 Å². The number of rotatable bonds is 6. The molecule has 0 amide bonds. The summed E-state index contributed by atoms with van der Waals surface area (Å²) in [5.41, 5.74) is 12.6. The zero-order chi connectivity index (χ0) is 16.8. The van der Waals surface area contributed by atoms with Crippen molar-refractivity contribution in [2.45, 2.75) is 6.04 Å². The van der Waals surface area contributed by atoms with Crippen LogP contribution >= 0.6 is 0 Å². The summed E-state index contributed by atoms with van der Waals surface area (Å²) in [6.45, 7) is 0.365. The Kier molecular flexibility index (Phi) is 5.11. The zero-order valence-corrected chi connectivity index (χ0v) is 13.3. The molecule has 0 saturated carbocycles. The summed E-state index contributed by atoms with van der Waals surface area (Å²) in [6.07, 6.45) is 0. The first-order valence-corrected chi connectivity index (χ1v) is 7.81. The summed E-state index contributed by atoms with van der Waals surface area (Å²) in [5, 5.41) is 0. The molecule has 0 bridgehead atoms. The third-order valence-electron chi connectivity index (χ3n) is 3.59. The largest absolute Gasteiger partial charge is 0.453 e. The summed E-state index contributed by atoms with van der Waals surface area (Å²) in [6, 6.07) is 24.5. The monoisotopic (exact) mass is 320 g/mol. The van der Waals surface area contributed by atoms with Crippen molar-refractivity contribution in [1.82, 2.24) is 0 Å². The molecular weight excluding hydrogens is 300 g/mol. The van der Waals surface area contributed by atoms with Crippen molar-refractivity contribution in [3.05, 3.63) is 84.4 Å². The van der Waals surface area contributed by atoms with Crippen LogP contribution in [0.4, 0.5) is 0 Å². The summed E-state index contributed by atoms with van der Waals surface area (Å²) in [5.74, 6) is 2.70. The molecule has 0 heterocycles. The lowest BCUT2D eigenvalue weighted by Gasteiger charge is -2.16. The molecule has 4 nitrogen and oxygen atoms in total. The van der Waals surface area contributed by atoms with Crippen molar-refractivity contribution in [2.24, 2.45) is 11.5 Å². The van der Waals surface area contributed by atoms with Crippen molar-refractivity contribution in [3.8, 4) is 23.0 Å². The molecule has 0 aromatic heterocycles. The number of ether oxygens (including phenoxy) is 2. The highest BCUT2D eigenvalue weighted by atomic mass is 16.5. The van der Waals surface area contributed by atoms with Gasteiger partial charge in [-0.2, -0.15) is 0 Å². The predicted molar refractivity (Wildman–Crippen MR) is 95.5 cm³/mol. The van der Waals surface area contributed by atoms with E-state index in [2.05, 4.69) is 0 Å². The molecule has 24 heavy (non-hydrogen) atoms. The SMILES string of the molecule is NC[C@@H](N)c1ccc(Oc2ccccc2)c(Oc2ccccc2)c1. The molecule has 0 saturated heterocycles. The van der Waals surface area contributed by atoms with Crippen molar-refractivity contribution < 1.29 is 9.47 Å². The Balaban J connectivity index is 1.94. The van der Waals surface area contributed by atoms with Gasteiger partial charge < -0.3 is 20.9 Å². The number of hydrogen-bond donors (Lipinski definition) is 2. The van der Waals surface area contributed by atoms with Gasteiger partial charge in [0.2, 0.25) is 0 Å². The van der Waals surface area contributed by atoms with E-state index in [1.54, 1.807) is 0 Å². The third-order valence-corrected chi connectivity index (χ3v) is 3.59. The highest BCUT2D eigenvalue weighted by Gasteiger charge is 2.12. The summed E-state index contributed by atoms with van der Waals surface area (Å²) < 4.78 is 11.9. The second-order valence-electron chi connectivity index (χ2n) is 5.38. The van der Waals surface area contributed by atoms with E-state index in [0.717, 1.165) is 17.1 Å². The molecule has 0 aliphatic carbocycles. The fraction of sp³-hybridized carbons (Fsp3) is 0.100. The van der Waals surface area contributed by atoms with E-state index in [-0.39, 0.29) is 6.04 Å². The lowest BCUT2D eigenvalue weighted by atomic mass is 10.1. The van der Waals surface area contributed by atoms with Gasteiger partial charge in [-0.1, -0.05) is 42.5 Å². The Morgan fingerprint density at radius 1 is 0.708 bits per heavy atom. The maximum atomic E-state index is 6.04. The molecule has 1 atom stereocenters. The first kappa shape index (κ1) is 16.1. The van der Waals surface area contributed by atoms with Gasteiger partial charge in [-0.15, -0.1) is 0 Å². The Morgan fingerprint density at radius 3 is 1.79 bits per heavy atom. The highest BCUT2D eigenvalue weighted by molar-refractivity contribution is 5.48. The van der Waals surface area contributed by atoms with E-state index in [1.165, 1.54) is 0 Å². The van der Waals surface area contributed by atoms with Crippen LogP contribution in [0.15, 0.2) is 78.9 Å². The second-order valence-corrected chi connectivity index (χ2v) is 5.38. The maximum absolute atomic E-state index is 6.04. The molecule has 0 radical (unpaired) electrons. The van der Waals surface area contributed by atoms with Gasteiger partial charge in [0.1, 0.15) is 11.5 Å². The average molecular weight is 320 g/mol. The molecule has 122 valence electrons. The lowest BCUT2D eigenvalue weighted by Crippen LogP contribution is -2.20. The van der Waals surface area contributed by atoms with E-state index >= 15 is 0 Å².